The number of benzene rings is 2. The van der Waals surface area contributed by atoms with Crippen LogP contribution in [0.4, 0.5) is 5.69 Å². The summed E-state index contributed by atoms with van der Waals surface area (Å²) in [6, 6.07) is 18.8. The summed E-state index contributed by atoms with van der Waals surface area (Å²) in [6.45, 7) is 6.44. The Morgan fingerprint density at radius 3 is 2.43 bits per heavy atom. The third-order valence-electron chi connectivity index (χ3n) is 5.28. The van der Waals surface area contributed by atoms with Crippen LogP contribution in [0.25, 0.3) is 5.65 Å². The van der Waals surface area contributed by atoms with E-state index in [9.17, 15) is 8.42 Å². The maximum atomic E-state index is 13.8. The van der Waals surface area contributed by atoms with Crippen molar-refractivity contribution in [2.24, 2.45) is 0 Å². The second kappa shape index (κ2) is 7.91. The number of anilines is 1. The average molecular weight is 421 g/mol. The number of nitrogens with zero attached hydrogens (tertiary/aromatic N) is 4. The van der Waals surface area contributed by atoms with Gasteiger partial charge in [0.25, 0.3) is 10.0 Å². The van der Waals surface area contributed by atoms with Gasteiger partial charge < -0.3 is 0 Å². The summed E-state index contributed by atoms with van der Waals surface area (Å²) >= 11 is 0. The summed E-state index contributed by atoms with van der Waals surface area (Å²) < 4.78 is 30.7. The van der Waals surface area contributed by atoms with Gasteiger partial charge in [0.15, 0.2) is 5.65 Å². The normalized spacial score (nSPS) is 11.9. The molecule has 0 saturated carbocycles. The topological polar surface area (TPSA) is 67.6 Å². The van der Waals surface area contributed by atoms with Gasteiger partial charge in [-0.25, -0.2) is 8.42 Å². The number of pyridine rings is 1. The van der Waals surface area contributed by atoms with E-state index in [-0.39, 0.29) is 11.4 Å². The Kier molecular flexibility index (Phi) is 5.30. The van der Waals surface area contributed by atoms with Crippen LogP contribution in [0.5, 0.6) is 0 Å². The molecule has 0 aliphatic carbocycles. The van der Waals surface area contributed by atoms with Crippen molar-refractivity contribution in [3.8, 4) is 0 Å². The van der Waals surface area contributed by atoms with E-state index in [2.05, 4.69) is 24.0 Å². The fourth-order valence-electron chi connectivity index (χ4n) is 3.43. The second-order valence-electron chi connectivity index (χ2n) is 7.62. The smallest absolute Gasteiger partial charge is 0.268 e. The Hall–Kier alpha value is -3.19. The van der Waals surface area contributed by atoms with Crippen LogP contribution < -0.4 is 4.31 Å². The zero-order chi connectivity index (χ0) is 21.3. The van der Waals surface area contributed by atoms with Crippen molar-refractivity contribution >= 4 is 21.4 Å². The van der Waals surface area contributed by atoms with E-state index in [1.54, 1.807) is 22.7 Å². The molecule has 0 fully saturated rings. The molecule has 0 bridgehead atoms. The minimum atomic E-state index is -3.89. The first kappa shape index (κ1) is 20.1. The standard InChI is InChI=1S/C23H24N4O2S/c1-17(2)19-10-12-21(13-11-19)27(15-20-8-5-4-7-18(20)3)30(28,29)22-9-6-14-26-16-24-25-23(22)26/h4-14,16-17H,15H2,1-3H3. The number of hydrogen-bond acceptors (Lipinski definition) is 4. The fraction of sp³-hybridized carbons (Fsp3) is 0.217. The summed E-state index contributed by atoms with van der Waals surface area (Å²) in [5, 5.41) is 7.90. The molecule has 0 unspecified atom stereocenters. The van der Waals surface area contributed by atoms with Gasteiger partial charge >= 0.3 is 0 Å². The van der Waals surface area contributed by atoms with Crippen molar-refractivity contribution in [2.75, 3.05) is 4.31 Å². The van der Waals surface area contributed by atoms with Gasteiger partial charge in [-0.1, -0.05) is 50.2 Å². The van der Waals surface area contributed by atoms with Crippen LogP contribution in [0.3, 0.4) is 0 Å². The van der Waals surface area contributed by atoms with E-state index in [0.717, 1.165) is 16.7 Å². The zero-order valence-electron chi connectivity index (χ0n) is 17.2. The predicted octanol–water partition coefficient (Wildman–Crippen LogP) is 4.56. The van der Waals surface area contributed by atoms with E-state index in [1.165, 1.54) is 10.6 Å². The molecule has 4 aromatic rings. The summed E-state index contributed by atoms with van der Waals surface area (Å²) in [7, 11) is -3.89. The van der Waals surface area contributed by atoms with Crippen molar-refractivity contribution in [1.82, 2.24) is 14.6 Å². The average Bonchev–Trinajstić information content (AvgIpc) is 3.22. The molecule has 154 valence electrons. The van der Waals surface area contributed by atoms with Crippen molar-refractivity contribution in [1.29, 1.82) is 0 Å². The lowest BCUT2D eigenvalue weighted by Crippen LogP contribution is -2.31. The minimum Gasteiger partial charge on any atom is -0.288 e. The molecule has 0 aliphatic heterocycles. The minimum absolute atomic E-state index is 0.129. The third-order valence-corrected chi connectivity index (χ3v) is 7.07. The number of fused-ring (bicyclic) bond motifs is 1. The predicted molar refractivity (Wildman–Crippen MR) is 118 cm³/mol. The fourth-order valence-corrected chi connectivity index (χ4v) is 5.00. The van der Waals surface area contributed by atoms with E-state index in [1.807, 2.05) is 55.5 Å². The molecule has 30 heavy (non-hydrogen) atoms. The summed E-state index contributed by atoms with van der Waals surface area (Å²) in [4.78, 5) is 0.129. The van der Waals surface area contributed by atoms with Crippen LogP contribution in [-0.2, 0) is 16.6 Å². The molecule has 6 nitrogen and oxygen atoms in total. The number of aromatic nitrogens is 3. The Labute approximate surface area is 176 Å². The Morgan fingerprint density at radius 1 is 1.00 bits per heavy atom. The van der Waals surface area contributed by atoms with Gasteiger partial charge in [-0.2, -0.15) is 0 Å². The van der Waals surface area contributed by atoms with Gasteiger partial charge in [0, 0.05) is 6.20 Å². The maximum Gasteiger partial charge on any atom is 0.268 e. The van der Waals surface area contributed by atoms with Crippen LogP contribution in [-0.4, -0.2) is 23.0 Å². The molecule has 2 aromatic heterocycles. The molecule has 0 spiro atoms. The lowest BCUT2D eigenvalue weighted by Gasteiger charge is -2.26. The maximum absolute atomic E-state index is 13.8. The first-order valence-corrected chi connectivity index (χ1v) is 11.3. The number of rotatable bonds is 6. The third kappa shape index (κ3) is 3.68. The second-order valence-corrected chi connectivity index (χ2v) is 9.45. The quantitative estimate of drug-likeness (QED) is 0.459. The van der Waals surface area contributed by atoms with E-state index in [0.29, 0.717) is 17.3 Å². The Balaban J connectivity index is 1.86. The molecule has 4 rings (SSSR count). The monoisotopic (exact) mass is 420 g/mol. The molecule has 0 radical (unpaired) electrons. The van der Waals surface area contributed by atoms with Crippen molar-refractivity contribution in [3.05, 3.63) is 89.9 Å². The molecular weight excluding hydrogens is 396 g/mol. The molecule has 0 amide bonds. The summed E-state index contributed by atoms with van der Waals surface area (Å²) in [5.74, 6) is 0.366. The molecule has 0 saturated heterocycles. The first-order valence-electron chi connectivity index (χ1n) is 9.83. The van der Waals surface area contributed by atoms with Crippen molar-refractivity contribution in [3.63, 3.8) is 0 Å². The number of aryl methyl sites for hydroxylation is 1. The van der Waals surface area contributed by atoms with Crippen LogP contribution in [0.15, 0.2) is 78.1 Å². The number of sulfonamides is 1. The van der Waals surface area contributed by atoms with Gasteiger partial charge in [0.2, 0.25) is 0 Å². The Bertz CT molecular complexity index is 1280. The van der Waals surface area contributed by atoms with Gasteiger partial charge in [0.05, 0.1) is 12.2 Å². The lowest BCUT2D eigenvalue weighted by atomic mass is 10.0. The lowest BCUT2D eigenvalue weighted by molar-refractivity contribution is 0.590. The SMILES string of the molecule is Cc1ccccc1CN(c1ccc(C(C)C)cc1)S(=O)(=O)c1cccn2cnnc12. The largest absolute Gasteiger partial charge is 0.288 e. The summed E-state index contributed by atoms with van der Waals surface area (Å²) in [5.41, 5.74) is 4.07. The van der Waals surface area contributed by atoms with E-state index >= 15 is 0 Å². The summed E-state index contributed by atoms with van der Waals surface area (Å²) in [6.07, 6.45) is 3.23. The van der Waals surface area contributed by atoms with Crippen molar-refractivity contribution < 1.29 is 8.42 Å². The van der Waals surface area contributed by atoms with Crippen LogP contribution in [0.2, 0.25) is 0 Å². The highest BCUT2D eigenvalue weighted by Crippen LogP contribution is 2.29. The van der Waals surface area contributed by atoms with Crippen molar-refractivity contribution in [2.45, 2.75) is 38.1 Å². The van der Waals surface area contributed by atoms with Gasteiger partial charge in [-0.05, 0) is 53.8 Å². The first-order chi connectivity index (χ1) is 14.4. The van der Waals surface area contributed by atoms with Crippen LogP contribution >= 0.6 is 0 Å². The molecular formula is C23H24N4O2S. The van der Waals surface area contributed by atoms with Gasteiger partial charge in [-0.3, -0.25) is 8.71 Å². The highest BCUT2D eigenvalue weighted by molar-refractivity contribution is 7.93. The van der Waals surface area contributed by atoms with Crippen LogP contribution in [0, 0.1) is 6.92 Å². The molecule has 2 aromatic carbocycles. The molecule has 0 atom stereocenters. The number of hydrogen-bond donors (Lipinski definition) is 0. The van der Waals surface area contributed by atoms with E-state index < -0.39 is 10.0 Å². The molecule has 0 aliphatic rings. The highest BCUT2D eigenvalue weighted by atomic mass is 32.2. The van der Waals surface area contributed by atoms with E-state index in [4.69, 9.17) is 0 Å². The zero-order valence-corrected chi connectivity index (χ0v) is 18.0. The molecule has 2 heterocycles. The highest BCUT2D eigenvalue weighted by Gasteiger charge is 2.28. The molecule has 0 N–H and O–H groups in total. The Morgan fingerprint density at radius 2 is 1.73 bits per heavy atom. The van der Waals surface area contributed by atoms with Gasteiger partial charge in [0.1, 0.15) is 11.2 Å². The van der Waals surface area contributed by atoms with Gasteiger partial charge in [-0.15, -0.1) is 10.2 Å². The molecule has 7 heteroatoms. The van der Waals surface area contributed by atoms with Crippen LogP contribution in [0.1, 0.15) is 36.5 Å².